The van der Waals surface area contributed by atoms with Gasteiger partial charge in [-0.05, 0) is 43.3 Å². The van der Waals surface area contributed by atoms with E-state index in [1.165, 1.54) is 11.8 Å². The molecule has 0 aliphatic carbocycles. The van der Waals surface area contributed by atoms with Gasteiger partial charge in [-0.15, -0.1) is 0 Å². The molecule has 0 spiro atoms. The first-order chi connectivity index (χ1) is 11.2. The van der Waals surface area contributed by atoms with E-state index in [-0.39, 0.29) is 5.69 Å². The Hall–Kier alpha value is -1.92. The van der Waals surface area contributed by atoms with Gasteiger partial charge in [-0.3, -0.25) is 0 Å². The molecule has 0 amide bonds. The normalized spacial score (nSPS) is 10.7. The second-order valence-corrected chi connectivity index (χ2v) is 6.62. The van der Waals surface area contributed by atoms with Crippen LogP contribution in [-0.4, -0.2) is 22.5 Å². The smallest absolute Gasteiger partial charge is 0.359 e. The lowest BCUT2D eigenvalue weighted by Gasteiger charge is -2.09. The molecule has 0 atom stereocenters. The van der Waals surface area contributed by atoms with Crippen LogP contribution in [0.15, 0.2) is 62.9 Å². The predicted octanol–water partition coefficient (Wildman–Crippen LogP) is 4.72. The van der Waals surface area contributed by atoms with Crippen molar-refractivity contribution < 1.29 is 9.53 Å². The van der Waals surface area contributed by atoms with Crippen LogP contribution in [0.2, 0.25) is 0 Å². The Bertz CT molecular complexity index is 853. The third kappa shape index (κ3) is 3.71. The quantitative estimate of drug-likeness (QED) is 0.605. The van der Waals surface area contributed by atoms with Crippen LogP contribution in [0.25, 0.3) is 11.0 Å². The molecule has 0 saturated heterocycles. The van der Waals surface area contributed by atoms with Gasteiger partial charge in [0.05, 0.1) is 17.6 Å². The summed E-state index contributed by atoms with van der Waals surface area (Å²) in [5.41, 5.74) is 1.68. The molecule has 1 aromatic heterocycles. The molecule has 3 rings (SSSR count). The molecule has 2 aromatic carbocycles. The van der Waals surface area contributed by atoms with Crippen LogP contribution in [-0.2, 0) is 4.74 Å². The van der Waals surface area contributed by atoms with Crippen molar-refractivity contribution >= 4 is 44.7 Å². The van der Waals surface area contributed by atoms with Gasteiger partial charge < -0.3 is 4.74 Å². The minimum absolute atomic E-state index is 0.249. The predicted molar refractivity (Wildman–Crippen MR) is 93.8 cm³/mol. The first-order valence-electron chi connectivity index (χ1n) is 7.04. The second kappa shape index (κ2) is 7.10. The number of esters is 1. The van der Waals surface area contributed by atoms with Crippen LogP contribution in [0.1, 0.15) is 17.4 Å². The number of carbonyl (C=O) groups is 1. The molecule has 0 aliphatic heterocycles. The van der Waals surface area contributed by atoms with Gasteiger partial charge >= 0.3 is 5.97 Å². The number of hydrogen-bond donors (Lipinski definition) is 0. The number of aromatic nitrogens is 2. The fourth-order valence-corrected chi connectivity index (χ4v) is 3.13. The number of para-hydroxylation sites is 2. The number of carbonyl (C=O) groups excluding carboxylic acids is 1. The summed E-state index contributed by atoms with van der Waals surface area (Å²) in [7, 11) is 0. The summed E-state index contributed by atoms with van der Waals surface area (Å²) in [6.45, 7) is 2.07. The number of benzene rings is 2. The Morgan fingerprint density at radius 3 is 2.39 bits per heavy atom. The average molecular weight is 389 g/mol. The van der Waals surface area contributed by atoms with Crippen molar-refractivity contribution in [1.82, 2.24) is 9.97 Å². The van der Waals surface area contributed by atoms with Gasteiger partial charge in [-0.1, -0.05) is 39.8 Å². The monoisotopic (exact) mass is 388 g/mol. The third-order valence-electron chi connectivity index (χ3n) is 3.04. The number of nitrogens with zero attached hydrogens (tertiary/aromatic N) is 2. The molecule has 1 heterocycles. The van der Waals surface area contributed by atoms with E-state index >= 15 is 0 Å². The van der Waals surface area contributed by atoms with Gasteiger partial charge in [-0.25, -0.2) is 14.8 Å². The molecule has 6 heteroatoms. The van der Waals surface area contributed by atoms with Gasteiger partial charge in [0, 0.05) is 9.37 Å². The summed E-state index contributed by atoms with van der Waals surface area (Å²) in [6.07, 6.45) is 0. The van der Waals surface area contributed by atoms with Crippen molar-refractivity contribution in [2.45, 2.75) is 16.8 Å². The van der Waals surface area contributed by atoms with E-state index in [9.17, 15) is 4.79 Å². The largest absolute Gasteiger partial charge is 0.461 e. The zero-order valence-corrected chi connectivity index (χ0v) is 14.7. The molecular formula is C17H13BrN2O2S. The minimum Gasteiger partial charge on any atom is -0.461 e. The molecule has 4 nitrogen and oxygen atoms in total. The van der Waals surface area contributed by atoms with Crippen molar-refractivity contribution in [3.63, 3.8) is 0 Å². The van der Waals surface area contributed by atoms with E-state index in [4.69, 9.17) is 4.74 Å². The van der Waals surface area contributed by atoms with Crippen molar-refractivity contribution in [2.75, 3.05) is 6.61 Å². The second-order valence-electron chi connectivity index (χ2n) is 4.64. The lowest BCUT2D eigenvalue weighted by atomic mass is 10.3. The number of rotatable bonds is 4. The lowest BCUT2D eigenvalue weighted by molar-refractivity contribution is 0.0514. The van der Waals surface area contributed by atoms with Crippen LogP contribution >= 0.6 is 27.7 Å². The molecule has 116 valence electrons. The first kappa shape index (κ1) is 16.0. The average Bonchev–Trinajstić information content (AvgIpc) is 2.56. The molecule has 0 aliphatic rings. The highest BCUT2D eigenvalue weighted by atomic mass is 79.9. The van der Waals surface area contributed by atoms with Crippen LogP contribution < -0.4 is 0 Å². The van der Waals surface area contributed by atoms with Crippen LogP contribution in [0, 0.1) is 0 Å². The van der Waals surface area contributed by atoms with Crippen LogP contribution in [0.5, 0.6) is 0 Å². The molecule has 23 heavy (non-hydrogen) atoms. The number of hydrogen-bond acceptors (Lipinski definition) is 5. The van der Waals surface area contributed by atoms with Gasteiger partial charge in [0.2, 0.25) is 0 Å². The summed E-state index contributed by atoms with van der Waals surface area (Å²) >= 11 is 4.81. The highest BCUT2D eigenvalue weighted by Gasteiger charge is 2.18. The Labute approximate surface area is 146 Å². The maximum absolute atomic E-state index is 12.2. The Morgan fingerprint density at radius 1 is 1.09 bits per heavy atom. The van der Waals surface area contributed by atoms with Gasteiger partial charge in [0.15, 0.2) is 5.69 Å². The Balaban J connectivity index is 2.06. The molecule has 0 N–H and O–H groups in total. The van der Waals surface area contributed by atoms with Gasteiger partial charge in [0.25, 0.3) is 0 Å². The lowest BCUT2D eigenvalue weighted by Crippen LogP contribution is -2.10. The topological polar surface area (TPSA) is 52.1 Å². The SMILES string of the molecule is CCOC(=O)c1nc2ccccc2nc1Sc1ccc(Br)cc1. The Morgan fingerprint density at radius 2 is 1.74 bits per heavy atom. The van der Waals surface area contributed by atoms with E-state index in [2.05, 4.69) is 25.9 Å². The van der Waals surface area contributed by atoms with E-state index < -0.39 is 5.97 Å². The number of halogens is 1. The van der Waals surface area contributed by atoms with E-state index in [0.29, 0.717) is 17.1 Å². The number of ether oxygens (including phenoxy) is 1. The summed E-state index contributed by atoms with van der Waals surface area (Å²) < 4.78 is 6.11. The zero-order valence-electron chi connectivity index (χ0n) is 12.3. The molecule has 0 radical (unpaired) electrons. The minimum atomic E-state index is -0.453. The van der Waals surface area contributed by atoms with Crippen LogP contribution in [0.4, 0.5) is 0 Å². The Kier molecular flexibility index (Phi) is 4.93. The van der Waals surface area contributed by atoms with E-state index in [0.717, 1.165) is 14.9 Å². The standard InChI is InChI=1S/C17H13BrN2O2S/c1-2-22-17(21)15-16(23-12-9-7-11(18)8-10-12)20-14-6-4-3-5-13(14)19-15/h3-10H,2H2,1H3. The molecule has 0 saturated carbocycles. The van der Waals surface area contributed by atoms with Crippen molar-refractivity contribution in [2.24, 2.45) is 0 Å². The number of fused-ring (bicyclic) bond motifs is 1. The maximum Gasteiger partial charge on any atom is 0.359 e. The summed E-state index contributed by atoms with van der Waals surface area (Å²) in [6, 6.07) is 15.3. The van der Waals surface area contributed by atoms with Crippen molar-refractivity contribution in [3.8, 4) is 0 Å². The summed E-state index contributed by atoms with van der Waals surface area (Å²) in [4.78, 5) is 22.2. The highest BCUT2D eigenvalue weighted by Crippen LogP contribution is 2.30. The van der Waals surface area contributed by atoms with Gasteiger partial charge in [-0.2, -0.15) is 0 Å². The van der Waals surface area contributed by atoms with Crippen molar-refractivity contribution in [3.05, 3.63) is 58.7 Å². The van der Waals surface area contributed by atoms with E-state index in [1.54, 1.807) is 6.92 Å². The fourth-order valence-electron chi connectivity index (χ4n) is 2.00. The zero-order chi connectivity index (χ0) is 16.2. The van der Waals surface area contributed by atoms with Crippen molar-refractivity contribution in [1.29, 1.82) is 0 Å². The first-order valence-corrected chi connectivity index (χ1v) is 8.65. The van der Waals surface area contributed by atoms with Crippen LogP contribution in [0.3, 0.4) is 0 Å². The molecule has 0 bridgehead atoms. The van der Waals surface area contributed by atoms with Gasteiger partial charge in [0.1, 0.15) is 5.03 Å². The molecule has 0 unspecified atom stereocenters. The fraction of sp³-hybridized carbons (Fsp3) is 0.118. The molecule has 0 fully saturated rings. The molecule has 3 aromatic rings. The van der Waals surface area contributed by atoms with E-state index in [1.807, 2.05) is 48.5 Å². The summed E-state index contributed by atoms with van der Waals surface area (Å²) in [5.74, 6) is -0.453. The maximum atomic E-state index is 12.2. The third-order valence-corrected chi connectivity index (χ3v) is 4.55. The molecular weight excluding hydrogens is 376 g/mol. The highest BCUT2D eigenvalue weighted by molar-refractivity contribution is 9.10. The summed E-state index contributed by atoms with van der Waals surface area (Å²) in [5, 5.41) is 0.546.